The maximum Gasteiger partial charge on any atom is 0.225 e. The average Bonchev–Trinajstić information content (AvgIpc) is 2.81. The van der Waals surface area contributed by atoms with Gasteiger partial charge in [-0.1, -0.05) is 0 Å². The minimum absolute atomic E-state index is 0.138. The molecule has 0 aromatic carbocycles. The second kappa shape index (κ2) is 4.48. The quantitative estimate of drug-likeness (QED) is 0.745. The number of aromatic nitrogens is 2. The van der Waals surface area contributed by atoms with Crippen LogP contribution < -0.4 is 4.90 Å². The van der Waals surface area contributed by atoms with E-state index in [2.05, 4.69) is 14.9 Å². The highest BCUT2D eigenvalue weighted by Gasteiger charge is 2.41. The zero-order valence-corrected chi connectivity index (χ0v) is 11.0. The van der Waals surface area contributed by atoms with Gasteiger partial charge in [-0.05, 0) is 19.4 Å². The Morgan fingerprint density at radius 3 is 2.94 bits per heavy atom. The molecule has 2 saturated heterocycles. The Morgan fingerprint density at radius 2 is 2.22 bits per heavy atom. The van der Waals surface area contributed by atoms with E-state index < -0.39 is 0 Å². The van der Waals surface area contributed by atoms with Crippen LogP contribution >= 0.6 is 0 Å². The summed E-state index contributed by atoms with van der Waals surface area (Å²) in [4.78, 5) is 11.2. The molecule has 98 valence electrons. The van der Waals surface area contributed by atoms with Crippen LogP contribution in [0.2, 0.25) is 0 Å². The minimum atomic E-state index is -0.138. The summed E-state index contributed by atoms with van der Waals surface area (Å²) in [5, 5.41) is 0. The van der Waals surface area contributed by atoms with Crippen molar-refractivity contribution >= 4 is 5.95 Å². The molecule has 0 N–H and O–H groups in total. The van der Waals surface area contributed by atoms with E-state index in [0.29, 0.717) is 6.61 Å². The lowest BCUT2D eigenvalue weighted by Crippen LogP contribution is -2.53. The molecule has 1 spiro atoms. The van der Waals surface area contributed by atoms with Gasteiger partial charge >= 0.3 is 0 Å². The first-order chi connectivity index (χ1) is 8.69. The normalized spacial score (nSPS) is 28.0. The predicted molar refractivity (Wildman–Crippen MR) is 67.8 cm³/mol. The number of aryl methyl sites for hydroxylation is 2. The summed E-state index contributed by atoms with van der Waals surface area (Å²) < 4.78 is 11.4. The lowest BCUT2D eigenvalue weighted by molar-refractivity contribution is -0.0583. The number of nitrogens with zero attached hydrogens (tertiary/aromatic N) is 3. The molecule has 1 unspecified atom stereocenters. The molecule has 18 heavy (non-hydrogen) atoms. The summed E-state index contributed by atoms with van der Waals surface area (Å²) >= 11 is 0. The molecule has 0 amide bonds. The van der Waals surface area contributed by atoms with Crippen LogP contribution in [0.25, 0.3) is 0 Å². The molecule has 0 aliphatic carbocycles. The smallest absolute Gasteiger partial charge is 0.225 e. The lowest BCUT2D eigenvalue weighted by atomic mass is 10.0. The van der Waals surface area contributed by atoms with Gasteiger partial charge in [0.25, 0.3) is 0 Å². The number of morpholine rings is 1. The van der Waals surface area contributed by atoms with Crippen molar-refractivity contribution in [2.24, 2.45) is 0 Å². The van der Waals surface area contributed by atoms with Gasteiger partial charge in [-0.3, -0.25) is 0 Å². The second-order valence-corrected chi connectivity index (χ2v) is 5.19. The number of rotatable bonds is 1. The third-order valence-corrected chi connectivity index (χ3v) is 3.81. The minimum Gasteiger partial charge on any atom is -0.378 e. The third kappa shape index (κ3) is 2.08. The fraction of sp³-hybridized carbons (Fsp3) is 0.692. The van der Waals surface area contributed by atoms with Gasteiger partial charge in [0, 0.05) is 31.5 Å². The number of hydrogen-bond donors (Lipinski definition) is 0. The highest BCUT2D eigenvalue weighted by molar-refractivity contribution is 5.34. The third-order valence-electron chi connectivity index (χ3n) is 3.81. The summed E-state index contributed by atoms with van der Waals surface area (Å²) in [7, 11) is 0. The number of hydrogen-bond acceptors (Lipinski definition) is 5. The molecule has 2 aliphatic heterocycles. The fourth-order valence-corrected chi connectivity index (χ4v) is 2.51. The first-order valence-electron chi connectivity index (χ1n) is 6.45. The Kier molecular flexibility index (Phi) is 2.95. The fourth-order valence-electron chi connectivity index (χ4n) is 2.51. The van der Waals surface area contributed by atoms with E-state index >= 15 is 0 Å². The van der Waals surface area contributed by atoms with E-state index in [9.17, 15) is 0 Å². The van der Waals surface area contributed by atoms with Gasteiger partial charge in [-0.15, -0.1) is 0 Å². The molecule has 3 heterocycles. The summed E-state index contributed by atoms with van der Waals surface area (Å²) in [5.41, 5.74) is 2.04. The molecule has 1 aromatic rings. The van der Waals surface area contributed by atoms with Crippen molar-refractivity contribution < 1.29 is 9.47 Å². The Labute approximate surface area is 107 Å². The van der Waals surface area contributed by atoms with Crippen molar-refractivity contribution in [1.82, 2.24) is 9.97 Å². The molecule has 3 rings (SSSR count). The SMILES string of the molecule is Cc1cnc(N2CCOC3(CCOC3)C2)nc1C. The van der Waals surface area contributed by atoms with E-state index in [4.69, 9.17) is 9.47 Å². The topological polar surface area (TPSA) is 47.5 Å². The van der Waals surface area contributed by atoms with E-state index in [1.807, 2.05) is 20.0 Å². The van der Waals surface area contributed by atoms with Crippen LogP contribution in [-0.2, 0) is 9.47 Å². The molecular weight excluding hydrogens is 230 g/mol. The Bertz CT molecular complexity index is 444. The standard InChI is InChI=1S/C13H19N3O2/c1-10-7-14-12(15-11(10)2)16-4-6-18-13(8-16)3-5-17-9-13/h7H,3-6,8-9H2,1-2H3. The van der Waals surface area contributed by atoms with Crippen LogP contribution in [0, 0.1) is 13.8 Å². The van der Waals surface area contributed by atoms with Gasteiger partial charge < -0.3 is 14.4 Å². The molecule has 0 saturated carbocycles. The molecule has 5 nitrogen and oxygen atoms in total. The average molecular weight is 249 g/mol. The summed E-state index contributed by atoms with van der Waals surface area (Å²) in [6, 6.07) is 0. The molecule has 0 bridgehead atoms. The van der Waals surface area contributed by atoms with E-state index in [1.54, 1.807) is 0 Å². The maximum atomic E-state index is 5.91. The van der Waals surface area contributed by atoms with Gasteiger partial charge in [-0.25, -0.2) is 9.97 Å². The maximum absolute atomic E-state index is 5.91. The molecule has 1 atom stereocenters. The summed E-state index contributed by atoms with van der Waals surface area (Å²) in [6.07, 6.45) is 2.86. The zero-order chi connectivity index (χ0) is 12.6. The van der Waals surface area contributed by atoms with E-state index in [1.165, 1.54) is 0 Å². The van der Waals surface area contributed by atoms with Crippen LogP contribution in [0.15, 0.2) is 6.20 Å². The van der Waals surface area contributed by atoms with Crippen molar-refractivity contribution in [3.8, 4) is 0 Å². The zero-order valence-electron chi connectivity index (χ0n) is 11.0. The van der Waals surface area contributed by atoms with Gasteiger partial charge in [0.05, 0.1) is 19.8 Å². The van der Waals surface area contributed by atoms with Crippen LogP contribution in [0.1, 0.15) is 17.7 Å². The lowest BCUT2D eigenvalue weighted by Gasteiger charge is -2.39. The Morgan fingerprint density at radius 1 is 1.33 bits per heavy atom. The molecule has 2 fully saturated rings. The Balaban J connectivity index is 1.81. The van der Waals surface area contributed by atoms with E-state index in [-0.39, 0.29) is 5.60 Å². The molecule has 0 radical (unpaired) electrons. The number of ether oxygens (including phenoxy) is 2. The predicted octanol–water partition coefficient (Wildman–Crippen LogP) is 1.09. The van der Waals surface area contributed by atoms with Crippen molar-refractivity contribution in [2.45, 2.75) is 25.9 Å². The van der Waals surface area contributed by atoms with Crippen LogP contribution in [0.5, 0.6) is 0 Å². The largest absolute Gasteiger partial charge is 0.378 e. The van der Waals surface area contributed by atoms with Gasteiger partial charge in [-0.2, -0.15) is 0 Å². The van der Waals surface area contributed by atoms with Crippen LogP contribution in [-0.4, -0.2) is 48.5 Å². The first kappa shape index (κ1) is 11.9. The van der Waals surface area contributed by atoms with Crippen LogP contribution in [0.3, 0.4) is 0 Å². The first-order valence-corrected chi connectivity index (χ1v) is 6.45. The monoisotopic (exact) mass is 249 g/mol. The van der Waals surface area contributed by atoms with Gasteiger partial charge in [0.2, 0.25) is 5.95 Å². The van der Waals surface area contributed by atoms with Crippen molar-refractivity contribution in [2.75, 3.05) is 37.8 Å². The highest BCUT2D eigenvalue weighted by Crippen LogP contribution is 2.28. The summed E-state index contributed by atoms with van der Waals surface area (Å²) in [5.74, 6) is 0.813. The van der Waals surface area contributed by atoms with Crippen molar-refractivity contribution in [3.05, 3.63) is 17.5 Å². The van der Waals surface area contributed by atoms with Crippen molar-refractivity contribution in [3.63, 3.8) is 0 Å². The number of anilines is 1. The molecule has 2 aliphatic rings. The molecule has 5 heteroatoms. The van der Waals surface area contributed by atoms with Crippen LogP contribution in [0.4, 0.5) is 5.95 Å². The molecular formula is C13H19N3O2. The van der Waals surface area contributed by atoms with Gasteiger partial charge in [0.15, 0.2) is 0 Å². The van der Waals surface area contributed by atoms with Crippen molar-refractivity contribution in [1.29, 1.82) is 0 Å². The Hall–Kier alpha value is -1.20. The second-order valence-electron chi connectivity index (χ2n) is 5.19. The van der Waals surface area contributed by atoms with Gasteiger partial charge in [0.1, 0.15) is 5.60 Å². The molecule has 1 aromatic heterocycles. The summed E-state index contributed by atoms with van der Waals surface area (Å²) in [6.45, 7) is 7.94. The highest BCUT2D eigenvalue weighted by atomic mass is 16.6. The van der Waals surface area contributed by atoms with E-state index in [0.717, 1.165) is 49.9 Å².